The molecule has 0 aromatic heterocycles. The van der Waals surface area contributed by atoms with E-state index in [1.165, 1.54) is 38.5 Å². The highest BCUT2D eigenvalue weighted by Crippen LogP contribution is 2.53. The summed E-state index contributed by atoms with van der Waals surface area (Å²) in [5.74, 6) is 0.922. The second-order valence-electron chi connectivity index (χ2n) is 7.26. The number of nitrogens with zero attached hydrogens (tertiary/aromatic N) is 1. The molecule has 2 N–H and O–H groups in total. The van der Waals surface area contributed by atoms with Gasteiger partial charge in [-0.25, -0.2) is 0 Å². The van der Waals surface area contributed by atoms with Gasteiger partial charge in [-0.05, 0) is 39.0 Å². The zero-order valence-electron chi connectivity index (χ0n) is 15.2. The zero-order valence-corrected chi connectivity index (χ0v) is 17.5. The van der Waals surface area contributed by atoms with Gasteiger partial charge in [-0.1, -0.05) is 19.3 Å². The molecule has 3 fully saturated rings. The van der Waals surface area contributed by atoms with Crippen molar-refractivity contribution in [3.05, 3.63) is 0 Å². The SMILES string of the molecule is CCOC1CC(NC(=NC)NCC2CCCO2)C12CCCCC2.I. The highest BCUT2D eigenvalue weighted by molar-refractivity contribution is 14.0. The number of guanidine groups is 1. The molecule has 2 saturated carbocycles. The molecule has 6 heteroatoms. The summed E-state index contributed by atoms with van der Waals surface area (Å²) in [5, 5.41) is 7.13. The molecule has 140 valence electrons. The van der Waals surface area contributed by atoms with Crippen molar-refractivity contribution in [2.45, 2.75) is 76.5 Å². The van der Waals surface area contributed by atoms with Gasteiger partial charge in [-0.3, -0.25) is 4.99 Å². The molecule has 3 rings (SSSR count). The summed E-state index contributed by atoms with van der Waals surface area (Å²) in [5.41, 5.74) is 0.329. The molecule has 0 radical (unpaired) electrons. The van der Waals surface area contributed by atoms with Crippen LogP contribution in [0.25, 0.3) is 0 Å². The van der Waals surface area contributed by atoms with Crippen LogP contribution in [0.4, 0.5) is 0 Å². The first-order chi connectivity index (χ1) is 11.3. The van der Waals surface area contributed by atoms with E-state index in [0.29, 0.717) is 23.7 Å². The zero-order chi connectivity index (χ0) is 16.1. The highest BCUT2D eigenvalue weighted by atomic mass is 127. The first-order valence-electron chi connectivity index (χ1n) is 9.49. The van der Waals surface area contributed by atoms with Crippen molar-refractivity contribution in [2.24, 2.45) is 10.4 Å². The molecule has 1 spiro atoms. The fraction of sp³-hybridized carbons (Fsp3) is 0.944. The van der Waals surface area contributed by atoms with Crippen LogP contribution in [-0.4, -0.2) is 51.0 Å². The third-order valence-corrected chi connectivity index (χ3v) is 5.99. The second kappa shape index (κ2) is 9.57. The van der Waals surface area contributed by atoms with Crippen LogP contribution in [0.15, 0.2) is 4.99 Å². The molecule has 5 nitrogen and oxygen atoms in total. The van der Waals surface area contributed by atoms with Gasteiger partial charge in [0.25, 0.3) is 0 Å². The van der Waals surface area contributed by atoms with E-state index in [4.69, 9.17) is 9.47 Å². The molecule has 3 unspecified atom stereocenters. The maximum atomic E-state index is 6.04. The first kappa shape index (κ1) is 20.2. The molecule has 1 saturated heterocycles. The summed E-state index contributed by atoms with van der Waals surface area (Å²) in [6.07, 6.45) is 10.8. The fourth-order valence-corrected chi connectivity index (χ4v) is 4.64. The Morgan fingerprint density at radius 1 is 1.25 bits per heavy atom. The first-order valence-corrected chi connectivity index (χ1v) is 9.49. The summed E-state index contributed by atoms with van der Waals surface area (Å²) in [7, 11) is 1.86. The normalized spacial score (nSPS) is 32.1. The maximum absolute atomic E-state index is 6.04. The Bertz CT molecular complexity index is 407. The Labute approximate surface area is 163 Å². The Hall–Kier alpha value is -0.0800. The number of nitrogens with one attached hydrogen (secondary N) is 2. The molecule has 3 aliphatic rings. The van der Waals surface area contributed by atoms with Gasteiger partial charge in [0.05, 0.1) is 12.2 Å². The monoisotopic (exact) mass is 451 g/mol. The Kier molecular flexibility index (Phi) is 8.07. The van der Waals surface area contributed by atoms with E-state index in [2.05, 4.69) is 22.5 Å². The summed E-state index contributed by atoms with van der Waals surface area (Å²) >= 11 is 0. The summed E-state index contributed by atoms with van der Waals surface area (Å²) in [4.78, 5) is 4.42. The number of hydrogen-bond acceptors (Lipinski definition) is 3. The number of aliphatic imine (C=N–C) groups is 1. The molecule has 0 amide bonds. The van der Waals surface area contributed by atoms with E-state index in [9.17, 15) is 0 Å². The quantitative estimate of drug-likeness (QED) is 0.383. The van der Waals surface area contributed by atoms with E-state index < -0.39 is 0 Å². The number of halogens is 1. The molecule has 2 aliphatic carbocycles. The van der Waals surface area contributed by atoms with E-state index in [1.54, 1.807) is 0 Å². The predicted molar refractivity (Wildman–Crippen MR) is 108 cm³/mol. The number of hydrogen-bond donors (Lipinski definition) is 2. The van der Waals surface area contributed by atoms with Gasteiger partial charge in [0.15, 0.2) is 5.96 Å². The molecule has 1 heterocycles. The molecule has 24 heavy (non-hydrogen) atoms. The van der Waals surface area contributed by atoms with Crippen LogP contribution in [0.1, 0.15) is 58.3 Å². The van der Waals surface area contributed by atoms with Crippen LogP contribution in [0.2, 0.25) is 0 Å². The molecular weight excluding hydrogens is 417 g/mol. The highest BCUT2D eigenvalue weighted by Gasteiger charge is 2.55. The minimum Gasteiger partial charge on any atom is -0.378 e. The molecule has 1 aliphatic heterocycles. The van der Waals surface area contributed by atoms with E-state index >= 15 is 0 Å². The molecular formula is C18H34IN3O2. The van der Waals surface area contributed by atoms with Crippen LogP contribution >= 0.6 is 24.0 Å². The minimum atomic E-state index is 0. The van der Waals surface area contributed by atoms with Crippen LogP contribution in [0.3, 0.4) is 0 Å². The topological polar surface area (TPSA) is 54.9 Å². The van der Waals surface area contributed by atoms with Gasteiger partial charge >= 0.3 is 0 Å². The van der Waals surface area contributed by atoms with Crippen LogP contribution in [0.5, 0.6) is 0 Å². The Morgan fingerprint density at radius 3 is 2.67 bits per heavy atom. The lowest BCUT2D eigenvalue weighted by atomic mass is 9.55. The lowest BCUT2D eigenvalue weighted by molar-refractivity contribution is -0.145. The smallest absolute Gasteiger partial charge is 0.191 e. The van der Waals surface area contributed by atoms with Crippen LogP contribution < -0.4 is 10.6 Å². The van der Waals surface area contributed by atoms with Crippen molar-refractivity contribution in [1.29, 1.82) is 0 Å². The molecule has 0 aromatic rings. The summed E-state index contributed by atoms with van der Waals surface area (Å²) in [6.45, 7) is 4.69. The number of rotatable bonds is 5. The van der Waals surface area contributed by atoms with Crippen molar-refractivity contribution in [2.75, 3.05) is 26.8 Å². The largest absolute Gasteiger partial charge is 0.378 e. The van der Waals surface area contributed by atoms with E-state index in [1.807, 2.05) is 7.05 Å². The van der Waals surface area contributed by atoms with Crippen molar-refractivity contribution in [3.8, 4) is 0 Å². The van der Waals surface area contributed by atoms with Gasteiger partial charge in [0.1, 0.15) is 0 Å². The lowest BCUT2D eigenvalue weighted by Gasteiger charge is -2.58. The van der Waals surface area contributed by atoms with Crippen molar-refractivity contribution in [3.63, 3.8) is 0 Å². The van der Waals surface area contributed by atoms with Crippen molar-refractivity contribution in [1.82, 2.24) is 10.6 Å². The van der Waals surface area contributed by atoms with Crippen molar-refractivity contribution >= 4 is 29.9 Å². The van der Waals surface area contributed by atoms with Gasteiger partial charge in [0.2, 0.25) is 0 Å². The van der Waals surface area contributed by atoms with Crippen molar-refractivity contribution < 1.29 is 9.47 Å². The van der Waals surface area contributed by atoms with Crippen LogP contribution in [-0.2, 0) is 9.47 Å². The molecule has 0 aromatic carbocycles. The van der Waals surface area contributed by atoms with Gasteiger partial charge in [-0.2, -0.15) is 0 Å². The lowest BCUT2D eigenvalue weighted by Crippen LogP contribution is -2.66. The average molecular weight is 451 g/mol. The summed E-state index contributed by atoms with van der Waals surface area (Å²) < 4.78 is 11.7. The standard InChI is InChI=1S/C18H33N3O2.HI/c1-3-22-16-12-15(18(16)9-5-4-6-10-18)21-17(19-2)20-13-14-8-7-11-23-14;/h14-16H,3-13H2,1-2H3,(H2,19,20,21);1H. The number of ether oxygens (including phenoxy) is 2. The van der Waals surface area contributed by atoms with Gasteiger partial charge < -0.3 is 20.1 Å². The van der Waals surface area contributed by atoms with Gasteiger partial charge in [0, 0.05) is 38.3 Å². The average Bonchev–Trinajstić information content (AvgIpc) is 3.11. The maximum Gasteiger partial charge on any atom is 0.191 e. The van der Waals surface area contributed by atoms with E-state index in [0.717, 1.165) is 38.6 Å². The second-order valence-corrected chi connectivity index (χ2v) is 7.26. The molecule has 3 atom stereocenters. The predicted octanol–water partition coefficient (Wildman–Crippen LogP) is 3.08. The summed E-state index contributed by atoms with van der Waals surface area (Å²) in [6, 6.07) is 0.495. The third kappa shape index (κ3) is 4.36. The minimum absolute atomic E-state index is 0. The fourth-order valence-electron chi connectivity index (χ4n) is 4.64. The van der Waals surface area contributed by atoms with E-state index in [-0.39, 0.29) is 24.0 Å². The third-order valence-electron chi connectivity index (χ3n) is 5.99. The Morgan fingerprint density at radius 2 is 2.04 bits per heavy atom. The van der Waals surface area contributed by atoms with Gasteiger partial charge in [-0.15, -0.1) is 24.0 Å². The van der Waals surface area contributed by atoms with Crippen LogP contribution in [0, 0.1) is 5.41 Å². The molecule has 0 bridgehead atoms. The Balaban J connectivity index is 0.00000208.